The van der Waals surface area contributed by atoms with Crippen molar-refractivity contribution in [2.45, 2.75) is 4.90 Å². The quantitative estimate of drug-likeness (QED) is 0.317. The fourth-order valence-electron chi connectivity index (χ4n) is 2.27. The van der Waals surface area contributed by atoms with Gasteiger partial charge in [-0.1, -0.05) is 24.3 Å². The Morgan fingerprint density at radius 1 is 0.960 bits per heavy atom. The van der Waals surface area contributed by atoms with Crippen molar-refractivity contribution in [3.8, 4) is 0 Å². The van der Waals surface area contributed by atoms with Crippen molar-refractivity contribution in [2.75, 3.05) is 5.73 Å². The normalized spacial score (nSPS) is 11.6. The summed E-state index contributed by atoms with van der Waals surface area (Å²) in [5, 5.41) is 8.56. The predicted octanol–water partition coefficient (Wildman–Crippen LogP) is 3.84. The summed E-state index contributed by atoms with van der Waals surface area (Å²) in [5.74, 6) is -0.409. The summed E-state index contributed by atoms with van der Waals surface area (Å²) in [4.78, 5) is -0.305. The second kappa shape index (κ2) is 7.59. The number of azo groups is 1. The van der Waals surface area contributed by atoms with Crippen molar-refractivity contribution in [3.63, 3.8) is 0 Å². The fraction of sp³-hybridized carbons (Fsp3) is 0. The summed E-state index contributed by atoms with van der Waals surface area (Å²) in [6.45, 7) is 0. The molecule has 0 heterocycles. The zero-order valence-corrected chi connectivity index (χ0v) is 16.0. The van der Waals surface area contributed by atoms with Gasteiger partial charge in [0.2, 0.25) is 0 Å². The number of nitrogens with zero attached hydrogens (tertiary/aromatic N) is 2. The molecule has 0 saturated heterocycles. The molecule has 0 amide bonds. The molecule has 9 heteroatoms. The van der Waals surface area contributed by atoms with Crippen molar-refractivity contribution >= 4 is 67.5 Å². The molecule has 3 N–H and O–H groups in total. The molecule has 0 saturated carbocycles. The van der Waals surface area contributed by atoms with Gasteiger partial charge in [-0.2, -0.15) is 13.5 Å². The van der Waals surface area contributed by atoms with Crippen molar-refractivity contribution < 1.29 is 17.4 Å². The summed E-state index contributed by atoms with van der Waals surface area (Å²) >= 11 is 0. The number of fused-ring (bicyclic) bond motifs is 1. The second-order valence-electron chi connectivity index (χ2n) is 5.00. The molecule has 0 bridgehead atoms. The Balaban J connectivity index is 0.00000225. The first-order valence-electron chi connectivity index (χ1n) is 6.82. The Hall–Kier alpha value is -1.84. The minimum Gasteiger partial charge on any atom is -0.396 e. The average Bonchev–Trinajstić information content (AvgIpc) is 2.55. The van der Waals surface area contributed by atoms with Crippen molar-refractivity contribution in [1.29, 1.82) is 0 Å². The monoisotopic (exact) mass is 368 g/mol. The largest absolute Gasteiger partial charge is 0.396 e. The van der Waals surface area contributed by atoms with E-state index in [0.29, 0.717) is 16.5 Å². The minimum atomic E-state index is -4.46. The molecule has 0 aliphatic heterocycles. The maximum absolute atomic E-state index is 12.9. The summed E-state index contributed by atoms with van der Waals surface area (Å²) < 4.78 is 45.6. The third-order valence-electron chi connectivity index (χ3n) is 3.40. The molecule has 0 aliphatic carbocycles. The van der Waals surface area contributed by atoms with Gasteiger partial charge in [-0.15, -0.1) is 5.11 Å². The maximum Gasteiger partial charge on any atom is 0.295 e. The molecule has 3 rings (SSSR count). The van der Waals surface area contributed by atoms with Crippen molar-refractivity contribution in [2.24, 2.45) is 10.2 Å². The SMILES string of the molecule is Nc1c(N=Nc2ccc(F)cc2)cc(S(=O)(=O)O)c2ccccc12.[Na]. The molecule has 1 radical (unpaired) electrons. The molecule has 0 aliphatic rings. The average molecular weight is 368 g/mol. The van der Waals surface area contributed by atoms with Gasteiger partial charge in [0.25, 0.3) is 10.1 Å². The van der Waals surface area contributed by atoms with Crippen LogP contribution in [0.4, 0.5) is 21.5 Å². The number of hydrogen-bond acceptors (Lipinski definition) is 5. The number of nitrogens with two attached hydrogens (primary N) is 1. The molecular weight excluding hydrogens is 356 g/mol. The smallest absolute Gasteiger partial charge is 0.295 e. The van der Waals surface area contributed by atoms with Gasteiger partial charge in [0.05, 0.1) is 11.4 Å². The molecule has 123 valence electrons. The van der Waals surface area contributed by atoms with Crippen LogP contribution >= 0.6 is 0 Å². The third kappa shape index (κ3) is 4.23. The summed E-state index contributed by atoms with van der Waals surface area (Å²) in [5.41, 5.74) is 6.72. The molecule has 3 aromatic rings. The molecular formula is C16H12FN3NaO3S. The van der Waals surface area contributed by atoms with E-state index in [1.54, 1.807) is 18.2 Å². The Kier molecular flexibility index (Phi) is 5.91. The molecule has 6 nitrogen and oxygen atoms in total. The Morgan fingerprint density at radius 3 is 2.16 bits per heavy atom. The van der Waals surface area contributed by atoms with E-state index in [9.17, 15) is 17.4 Å². The van der Waals surface area contributed by atoms with Gasteiger partial charge in [0, 0.05) is 40.3 Å². The van der Waals surface area contributed by atoms with E-state index in [0.717, 1.165) is 6.07 Å². The van der Waals surface area contributed by atoms with E-state index in [-0.39, 0.29) is 45.8 Å². The third-order valence-corrected chi connectivity index (χ3v) is 4.30. The van der Waals surface area contributed by atoms with Crippen LogP contribution in [0, 0.1) is 5.82 Å². The molecule has 3 aromatic carbocycles. The van der Waals surface area contributed by atoms with Crippen molar-refractivity contribution in [3.05, 3.63) is 60.4 Å². The molecule has 0 fully saturated rings. The van der Waals surface area contributed by atoms with Gasteiger partial charge >= 0.3 is 0 Å². The van der Waals surface area contributed by atoms with Crippen LogP contribution < -0.4 is 5.73 Å². The number of anilines is 1. The maximum atomic E-state index is 12.9. The van der Waals surface area contributed by atoms with Crippen LogP contribution in [0.1, 0.15) is 0 Å². The predicted molar refractivity (Wildman–Crippen MR) is 94.5 cm³/mol. The Bertz CT molecular complexity index is 1050. The van der Waals surface area contributed by atoms with E-state index in [1.807, 2.05) is 0 Å². The minimum absolute atomic E-state index is 0. The molecule has 0 spiro atoms. The fourth-order valence-corrected chi connectivity index (χ4v) is 2.98. The number of benzene rings is 3. The summed E-state index contributed by atoms with van der Waals surface area (Å²) in [6.07, 6.45) is 0. The molecule has 0 unspecified atom stereocenters. The van der Waals surface area contributed by atoms with Crippen LogP contribution in [0.5, 0.6) is 0 Å². The first-order valence-corrected chi connectivity index (χ1v) is 8.26. The van der Waals surface area contributed by atoms with Gasteiger partial charge in [-0.3, -0.25) is 4.55 Å². The van der Waals surface area contributed by atoms with Gasteiger partial charge < -0.3 is 5.73 Å². The van der Waals surface area contributed by atoms with E-state index in [1.165, 1.54) is 30.3 Å². The van der Waals surface area contributed by atoms with Crippen molar-refractivity contribution in [1.82, 2.24) is 0 Å². The molecule has 0 aromatic heterocycles. The van der Waals surface area contributed by atoms with Gasteiger partial charge in [0.1, 0.15) is 16.4 Å². The topological polar surface area (TPSA) is 105 Å². The summed E-state index contributed by atoms with van der Waals surface area (Å²) in [6, 6.07) is 12.9. The number of hydrogen-bond donors (Lipinski definition) is 2. The number of rotatable bonds is 3. The van der Waals surface area contributed by atoms with E-state index < -0.39 is 15.9 Å². The molecule has 25 heavy (non-hydrogen) atoms. The van der Waals surface area contributed by atoms with Crippen LogP contribution in [-0.4, -0.2) is 42.5 Å². The second-order valence-corrected chi connectivity index (χ2v) is 6.39. The first kappa shape index (κ1) is 19.5. The summed E-state index contributed by atoms with van der Waals surface area (Å²) in [7, 11) is -4.46. The van der Waals surface area contributed by atoms with E-state index in [4.69, 9.17) is 5.73 Å². The van der Waals surface area contributed by atoms with E-state index in [2.05, 4.69) is 10.2 Å². The van der Waals surface area contributed by atoms with Crippen LogP contribution in [-0.2, 0) is 10.1 Å². The van der Waals surface area contributed by atoms with Crippen LogP contribution in [0.15, 0.2) is 69.7 Å². The number of nitrogen functional groups attached to an aromatic ring is 1. The molecule has 0 atom stereocenters. The standard InChI is InChI=1S/C16H12FN3O3S.Na/c17-10-5-7-11(8-6-10)19-20-14-9-15(24(21,22)23)12-3-1-2-4-13(12)16(14)18;/h1-9H,18H2,(H,21,22,23);. The van der Waals surface area contributed by atoms with Gasteiger partial charge in [0.15, 0.2) is 0 Å². The Labute approximate surface area is 165 Å². The van der Waals surface area contributed by atoms with Gasteiger partial charge in [-0.05, 0) is 30.3 Å². The van der Waals surface area contributed by atoms with Gasteiger partial charge in [-0.25, -0.2) is 4.39 Å². The van der Waals surface area contributed by atoms with Crippen LogP contribution in [0.25, 0.3) is 10.8 Å². The van der Waals surface area contributed by atoms with Crippen LogP contribution in [0.2, 0.25) is 0 Å². The number of halogens is 1. The zero-order chi connectivity index (χ0) is 17.3. The Morgan fingerprint density at radius 2 is 1.56 bits per heavy atom. The zero-order valence-electron chi connectivity index (χ0n) is 13.2. The first-order chi connectivity index (χ1) is 11.4. The van der Waals surface area contributed by atoms with Crippen LogP contribution in [0.3, 0.4) is 0 Å². The van der Waals surface area contributed by atoms with E-state index >= 15 is 0 Å².